The number of pyridine rings is 1. The number of carbonyl (C=O) groups is 2. The van der Waals surface area contributed by atoms with E-state index in [2.05, 4.69) is 34.8 Å². The van der Waals surface area contributed by atoms with Gasteiger partial charge in [0.15, 0.2) is 0 Å². The molecule has 3 aliphatic rings. The van der Waals surface area contributed by atoms with E-state index in [4.69, 9.17) is 21.1 Å². The molecule has 1 saturated carbocycles. The molecule has 1 heterocycles. The monoisotopic (exact) mass is 776 g/mol. The second kappa shape index (κ2) is 14.0. The molecule has 1 amide bonds. The van der Waals surface area contributed by atoms with Gasteiger partial charge in [0.2, 0.25) is 0 Å². The van der Waals surface area contributed by atoms with E-state index in [1.54, 1.807) is 12.3 Å². The molecule has 1 spiro atoms. The summed E-state index contributed by atoms with van der Waals surface area (Å²) in [6, 6.07) is 11.1. The number of halogens is 5. The molecule has 1 fully saturated rings. The average molecular weight is 778 g/mol. The molecule has 2 aromatic carbocycles. The number of rotatable bonds is 8. The largest absolute Gasteiger partial charge is 0.507 e. The molecule has 1 aromatic heterocycles. The van der Waals surface area contributed by atoms with Crippen molar-refractivity contribution < 1.29 is 37.3 Å². The highest BCUT2D eigenvalue weighted by molar-refractivity contribution is 9.10. The number of phenols is 1. The summed E-state index contributed by atoms with van der Waals surface area (Å²) in [7, 11) is 1.12. The maximum Gasteiger partial charge on any atom is 0.471 e. The van der Waals surface area contributed by atoms with Crippen LogP contribution in [0, 0.1) is 11.8 Å². The Morgan fingerprint density at radius 3 is 2.58 bits per heavy atom. The van der Waals surface area contributed by atoms with Gasteiger partial charge in [-0.15, -0.1) is 0 Å². The normalized spacial score (nSPS) is 25.0. The van der Waals surface area contributed by atoms with Crippen LogP contribution in [-0.4, -0.2) is 47.4 Å². The quantitative estimate of drug-likeness (QED) is 0.230. The van der Waals surface area contributed by atoms with E-state index in [1.165, 1.54) is 29.8 Å². The van der Waals surface area contributed by atoms with Crippen molar-refractivity contribution in [3.63, 3.8) is 0 Å². The Hall–Kier alpha value is -3.31. The summed E-state index contributed by atoms with van der Waals surface area (Å²) in [5.74, 6) is -1.65. The number of esters is 1. The molecule has 3 atom stereocenters. The molecule has 0 radical (unpaired) electrons. The van der Waals surface area contributed by atoms with Gasteiger partial charge in [-0.2, -0.15) is 13.2 Å². The molecule has 268 valence electrons. The number of nitrogens with zero attached hydrogens (tertiary/aromatic N) is 2. The van der Waals surface area contributed by atoms with E-state index < -0.39 is 29.0 Å². The van der Waals surface area contributed by atoms with Crippen LogP contribution in [0.4, 0.5) is 18.9 Å². The van der Waals surface area contributed by atoms with Gasteiger partial charge in [-0.3, -0.25) is 14.7 Å². The second-order valence-corrected chi connectivity index (χ2v) is 15.6. The zero-order valence-corrected chi connectivity index (χ0v) is 30.6. The van der Waals surface area contributed by atoms with Crippen LogP contribution >= 0.6 is 27.5 Å². The maximum atomic E-state index is 14.2. The average Bonchev–Trinajstić information content (AvgIpc) is 3.34. The van der Waals surface area contributed by atoms with E-state index in [1.807, 2.05) is 12.1 Å². The molecule has 6 rings (SSSR count). The minimum Gasteiger partial charge on any atom is -0.507 e. The molecule has 0 aliphatic heterocycles. The fourth-order valence-electron chi connectivity index (χ4n) is 8.88. The number of carbonyl (C=O) groups excluding carboxylic acids is 2. The summed E-state index contributed by atoms with van der Waals surface area (Å²) in [5.41, 5.74) is 1.58. The van der Waals surface area contributed by atoms with Gasteiger partial charge in [-0.1, -0.05) is 31.5 Å². The number of fused-ring (bicyclic) bond motifs is 3. The van der Waals surface area contributed by atoms with Crippen LogP contribution < -0.4 is 9.64 Å². The Balaban J connectivity index is 1.32. The standard InChI is InChI=1S/C38H41BrClF3N2O5/c1-22(21-50-32-10-15-44-30-9-4-6-23(2)33(30)32)16-25-17-24-18-29(39)31(46)20-28(24)36(25)11-13-37(14-12-36,35(48)49-3)45(34(47)38(41,42)43)27-8-5-7-26(40)19-27/h5,7-8,10,15,18-20,22-23,25,46H,4,6,9,11-14,16-17,21H2,1-3H3/t22-,23-,25+,36?,37?/m1/s1. The minimum atomic E-state index is -5.26. The van der Waals surface area contributed by atoms with E-state index in [0.29, 0.717) is 28.3 Å². The Kier molecular flexibility index (Phi) is 10.2. The molecule has 1 N–H and O–H groups in total. The number of aromatic hydroxyl groups is 1. The lowest BCUT2D eigenvalue weighted by molar-refractivity contribution is -0.174. The Morgan fingerprint density at radius 2 is 1.90 bits per heavy atom. The van der Waals surface area contributed by atoms with Crippen molar-refractivity contribution in [1.82, 2.24) is 4.98 Å². The molecule has 0 bridgehead atoms. The third kappa shape index (κ3) is 6.60. The highest BCUT2D eigenvalue weighted by Crippen LogP contribution is 2.58. The van der Waals surface area contributed by atoms with Crippen molar-refractivity contribution in [1.29, 1.82) is 0 Å². The van der Waals surface area contributed by atoms with Gasteiger partial charge in [0.25, 0.3) is 0 Å². The number of ether oxygens (including phenoxy) is 2. The summed E-state index contributed by atoms with van der Waals surface area (Å²) in [4.78, 5) is 32.0. The Bertz CT molecular complexity index is 1780. The number of aromatic nitrogens is 1. The van der Waals surface area contributed by atoms with Gasteiger partial charge in [-0.05, 0) is 144 Å². The van der Waals surface area contributed by atoms with Gasteiger partial charge < -0.3 is 14.6 Å². The summed E-state index contributed by atoms with van der Waals surface area (Å²) in [6.07, 6.45) is 1.48. The highest BCUT2D eigenvalue weighted by atomic mass is 79.9. The summed E-state index contributed by atoms with van der Waals surface area (Å²) >= 11 is 9.64. The van der Waals surface area contributed by atoms with E-state index in [9.17, 15) is 27.9 Å². The van der Waals surface area contributed by atoms with Crippen LogP contribution in [0.1, 0.15) is 87.1 Å². The van der Waals surface area contributed by atoms with Crippen LogP contribution in [0.2, 0.25) is 5.02 Å². The van der Waals surface area contributed by atoms with Crippen molar-refractivity contribution in [2.24, 2.45) is 11.8 Å². The summed E-state index contributed by atoms with van der Waals surface area (Å²) < 4.78 is 54.9. The second-order valence-electron chi connectivity index (χ2n) is 14.3. The predicted octanol–water partition coefficient (Wildman–Crippen LogP) is 9.24. The molecule has 50 heavy (non-hydrogen) atoms. The van der Waals surface area contributed by atoms with Crippen LogP contribution in [0.25, 0.3) is 0 Å². The third-order valence-corrected chi connectivity index (χ3v) is 12.1. The summed E-state index contributed by atoms with van der Waals surface area (Å²) in [5, 5.41) is 10.9. The highest BCUT2D eigenvalue weighted by Gasteiger charge is 2.60. The first-order valence-electron chi connectivity index (χ1n) is 17.1. The molecular formula is C38H41BrClF3N2O5. The van der Waals surface area contributed by atoms with E-state index in [0.717, 1.165) is 55.4 Å². The topological polar surface area (TPSA) is 89.0 Å². The molecule has 3 aliphatic carbocycles. The number of amides is 1. The van der Waals surface area contributed by atoms with Crippen molar-refractivity contribution in [3.05, 3.63) is 80.5 Å². The minimum absolute atomic E-state index is 0.0312. The Morgan fingerprint density at radius 1 is 1.16 bits per heavy atom. The number of hydrogen-bond donors (Lipinski definition) is 1. The fraction of sp³-hybridized carbons (Fsp3) is 0.500. The number of benzene rings is 2. The predicted molar refractivity (Wildman–Crippen MR) is 188 cm³/mol. The third-order valence-electron chi connectivity index (χ3n) is 11.2. The number of methoxy groups -OCH3 is 1. The number of anilines is 1. The van der Waals surface area contributed by atoms with Gasteiger partial charge in [0, 0.05) is 28.2 Å². The van der Waals surface area contributed by atoms with E-state index >= 15 is 0 Å². The molecule has 3 aromatic rings. The van der Waals surface area contributed by atoms with Crippen LogP contribution in [0.15, 0.2) is 53.1 Å². The lowest BCUT2D eigenvalue weighted by Gasteiger charge is -2.51. The zero-order valence-electron chi connectivity index (χ0n) is 28.3. The fourth-order valence-corrected chi connectivity index (χ4v) is 9.45. The van der Waals surface area contributed by atoms with Gasteiger partial charge in [-0.25, -0.2) is 4.79 Å². The van der Waals surface area contributed by atoms with Crippen LogP contribution in [0.5, 0.6) is 11.5 Å². The van der Waals surface area contributed by atoms with Crippen LogP contribution in [-0.2, 0) is 32.6 Å². The van der Waals surface area contributed by atoms with Gasteiger partial charge >= 0.3 is 18.1 Å². The van der Waals surface area contributed by atoms with Crippen molar-refractivity contribution in [2.45, 2.75) is 94.7 Å². The molecule has 0 unspecified atom stereocenters. The SMILES string of the molecule is COC(=O)C1(N(C(=O)C(F)(F)F)c2cccc(Cl)c2)CCC2(CC1)c1cc(O)c(Br)cc1C[C@@H]2C[C@@H](C)COc1ccnc2c1[C@H](C)CCC2. The first-order chi connectivity index (χ1) is 23.7. The lowest BCUT2D eigenvalue weighted by atomic mass is 9.59. The first-order valence-corrected chi connectivity index (χ1v) is 18.2. The molecule has 12 heteroatoms. The van der Waals surface area contributed by atoms with E-state index in [-0.39, 0.29) is 54.0 Å². The van der Waals surface area contributed by atoms with Gasteiger partial charge in [0.1, 0.15) is 17.0 Å². The molecule has 7 nitrogen and oxygen atoms in total. The number of hydrogen-bond acceptors (Lipinski definition) is 6. The first kappa shape index (κ1) is 36.5. The molecule has 0 saturated heterocycles. The number of aryl methyl sites for hydroxylation is 1. The Labute approximate surface area is 303 Å². The number of phenolic OH excluding ortho intramolecular Hbond substituents is 1. The van der Waals surface area contributed by atoms with Crippen molar-refractivity contribution in [3.8, 4) is 11.5 Å². The maximum absolute atomic E-state index is 14.2. The van der Waals surface area contributed by atoms with Crippen LogP contribution in [0.3, 0.4) is 0 Å². The smallest absolute Gasteiger partial charge is 0.471 e. The summed E-state index contributed by atoms with van der Waals surface area (Å²) in [6.45, 7) is 4.80. The van der Waals surface area contributed by atoms with Crippen molar-refractivity contribution in [2.75, 3.05) is 18.6 Å². The zero-order chi connectivity index (χ0) is 36.0. The molecular weight excluding hydrogens is 737 g/mol. The lowest BCUT2D eigenvalue weighted by Crippen LogP contribution is -2.63. The number of alkyl halides is 3. The van der Waals surface area contributed by atoms with Gasteiger partial charge in [0.05, 0.1) is 18.2 Å². The van der Waals surface area contributed by atoms with Crippen molar-refractivity contribution >= 4 is 45.1 Å².